The van der Waals surface area contributed by atoms with Crippen LogP contribution >= 0.6 is 0 Å². The van der Waals surface area contributed by atoms with Crippen LogP contribution in [0.15, 0.2) is 144 Å². The minimum atomic E-state index is 0.326. The molecule has 0 fully saturated rings. The van der Waals surface area contributed by atoms with E-state index >= 15 is 0 Å². The summed E-state index contributed by atoms with van der Waals surface area (Å²) >= 11 is 0. The van der Waals surface area contributed by atoms with E-state index in [1.54, 1.807) is 0 Å². The fraction of sp³-hybridized carbons (Fsp3) is 0.0714. The van der Waals surface area contributed by atoms with Crippen molar-refractivity contribution in [3.8, 4) is 22.8 Å². The highest BCUT2D eigenvalue weighted by Crippen LogP contribution is 2.38. The quantitative estimate of drug-likeness (QED) is 0.200. The monoisotopic (exact) mass is 593 g/mol. The molecular formula is C42H31N3O. The fourth-order valence-corrected chi connectivity index (χ4v) is 6.31. The van der Waals surface area contributed by atoms with Crippen LogP contribution in [-0.4, -0.2) is 15.0 Å². The van der Waals surface area contributed by atoms with Gasteiger partial charge in [0.05, 0.1) is 0 Å². The van der Waals surface area contributed by atoms with E-state index < -0.39 is 0 Å². The number of benzene rings is 4. The molecule has 0 radical (unpaired) electrons. The molecule has 4 heteroatoms. The van der Waals surface area contributed by atoms with E-state index in [-0.39, 0.29) is 0 Å². The van der Waals surface area contributed by atoms with Gasteiger partial charge in [-0.15, -0.1) is 0 Å². The number of rotatable bonds is 5. The van der Waals surface area contributed by atoms with E-state index in [9.17, 15) is 0 Å². The number of aromatic nitrogens is 3. The summed E-state index contributed by atoms with van der Waals surface area (Å²) < 4.78 is 6.42. The maximum Gasteiger partial charge on any atom is 0.164 e. The van der Waals surface area contributed by atoms with Crippen molar-refractivity contribution in [1.29, 1.82) is 0 Å². The molecule has 0 spiro atoms. The second-order valence-corrected chi connectivity index (χ2v) is 11.6. The predicted molar refractivity (Wildman–Crippen MR) is 190 cm³/mol. The number of hydrogen-bond acceptors (Lipinski definition) is 4. The lowest BCUT2D eigenvalue weighted by Crippen LogP contribution is -2.22. The zero-order chi connectivity index (χ0) is 30.9. The molecule has 4 aromatic carbocycles. The van der Waals surface area contributed by atoms with Gasteiger partial charge >= 0.3 is 0 Å². The Morgan fingerprint density at radius 2 is 1.57 bits per heavy atom. The van der Waals surface area contributed by atoms with Crippen LogP contribution < -0.4 is 10.4 Å². The molecule has 220 valence electrons. The Labute approximate surface area is 267 Å². The van der Waals surface area contributed by atoms with Crippen molar-refractivity contribution in [2.24, 2.45) is 5.92 Å². The third-order valence-electron chi connectivity index (χ3n) is 8.68. The Bertz CT molecular complexity index is 2410. The summed E-state index contributed by atoms with van der Waals surface area (Å²) in [7, 11) is 0. The lowest BCUT2D eigenvalue weighted by molar-refractivity contribution is 0.669. The molecule has 2 aromatic heterocycles. The zero-order valence-electron chi connectivity index (χ0n) is 25.5. The molecule has 2 heterocycles. The highest BCUT2D eigenvalue weighted by molar-refractivity contribution is 6.12. The molecule has 2 aliphatic carbocycles. The third-order valence-corrected chi connectivity index (χ3v) is 8.68. The van der Waals surface area contributed by atoms with Gasteiger partial charge in [-0.2, -0.15) is 0 Å². The van der Waals surface area contributed by atoms with Gasteiger partial charge in [0, 0.05) is 27.8 Å². The molecule has 0 aliphatic heterocycles. The molecular weight excluding hydrogens is 562 g/mol. The summed E-state index contributed by atoms with van der Waals surface area (Å²) in [4.78, 5) is 15.1. The van der Waals surface area contributed by atoms with Crippen molar-refractivity contribution in [1.82, 2.24) is 15.0 Å². The summed E-state index contributed by atoms with van der Waals surface area (Å²) in [6, 6.07) is 31.0. The van der Waals surface area contributed by atoms with Crippen molar-refractivity contribution in [3.63, 3.8) is 0 Å². The van der Waals surface area contributed by atoms with Crippen LogP contribution in [0.25, 0.3) is 68.5 Å². The largest absolute Gasteiger partial charge is 0.456 e. The van der Waals surface area contributed by atoms with Gasteiger partial charge in [-0.1, -0.05) is 134 Å². The average Bonchev–Trinajstić information content (AvgIpc) is 3.50. The molecule has 4 nitrogen and oxygen atoms in total. The van der Waals surface area contributed by atoms with Gasteiger partial charge in [0.15, 0.2) is 17.5 Å². The second-order valence-electron chi connectivity index (χ2n) is 11.6. The summed E-state index contributed by atoms with van der Waals surface area (Å²) in [5.74, 6) is 2.33. The van der Waals surface area contributed by atoms with Gasteiger partial charge in [0.2, 0.25) is 0 Å². The van der Waals surface area contributed by atoms with Crippen molar-refractivity contribution in [2.45, 2.75) is 13.3 Å². The van der Waals surface area contributed by atoms with Gasteiger partial charge in [0.25, 0.3) is 0 Å². The average molecular weight is 594 g/mol. The summed E-state index contributed by atoms with van der Waals surface area (Å²) in [6.07, 6.45) is 22.3. The molecule has 46 heavy (non-hydrogen) atoms. The lowest BCUT2D eigenvalue weighted by Gasteiger charge is -2.22. The van der Waals surface area contributed by atoms with E-state index in [1.165, 1.54) is 16.0 Å². The van der Waals surface area contributed by atoms with Crippen LogP contribution in [0, 0.1) is 5.92 Å². The normalized spacial score (nSPS) is 16.8. The van der Waals surface area contributed by atoms with Crippen molar-refractivity contribution < 1.29 is 4.42 Å². The van der Waals surface area contributed by atoms with Crippen molar-refractivity contribution >= 4 is 45.7 Å². The van der Waals surface area contributed by atoms with E-state index in [0.717, 1.165) is 50.6 Å². The number of furan rings is 1. The van der Waals surface area contributed by atoms with Crippen LogP contribution in [0.3, 0.4) is 0 Å². The Morgan fingerprint density at radius 3 is 2.46 bits per heavy atom. The highest BCUT2D eigenvalue weighted by Gasteiger charge is 2.22. The van der Waals surface area contributed by atoms with Gasteiger partial charge < -0.3 is 4.42 Å². The minimum absolute atomic E-state index is 0.326. The van der Waals surface area contributed by atoms with Crippen LogP contribution in [0.1, 0.15) is 24.7 Å². The fourth-order valence-electron chi connectivity index (χ4n) is 6.31. The van der Waals surface area contributed by atoms with E-state index in [2.05, 4.69) is 116 Å². The van der Waals surface area contributed by atoms with Gasteiger partial charge in [-0.25, -0.2) is 15.0 Å². The Kier molecular flexibility index (Phi) is 7.16. The second kappa shape index (κ2) is 11.9. The molecule has 0 saturated heterocycles. The maximum absolute atomic E-state index is 6.42. The molecule has 6 aromatic rings. The number of fused-ring (bicyclic) bond motifs is 4. The summed E-state index contributed by atoms with van der Waals surface area (Å²) in [6.45, 7) is 2.06. The molecule has 1 atom stereocenters. The minimum Gasteiger partial charge on any atom is -0.456 e. The van der Waals surface area contributed by atoms with Gasteiger partial charge in [0.1, 0.15) is 11.2 Å². The summed E-state index contributed by atoms with van der Waals surface area (Å²) in [5.41, 5.74) is 7.00. The lowest BCUT2D eigenvalue weighted by atomic mass is 9.84. The molecule has 8 rings (SSSR count). The number of nitrogens with zero attached hydrogens (tertiary/aromatic N) is 3. The van der Waals surface area contributed by atoms with Crippen LogP contribution in [0.4, 0.5) is 0 Å². The van der Waals surface area contributed by atoms with E-state index in [0.29, 0.717) is 23.4 Å². The number of hydrogen-bond donors (Lipinski definition) is 0. The zero-order valence-corrected chi connectivity index (χ0v) is 25.5. The molecule has 0 amide bonds. The topological polar surface area (TPSA) is 51.8 Å². The number of allylic oxidation sites excluding steroid dienone is 9. The van der Waals surface area contributed by atoms with E-state index in [4.69, 9.17) is 19.4 Å². The van der Waals surface area contributed by atoms with Crippen molar-refractivity contribution in [2.75, 3.05) is 0 Å². The van der Waals surface area contributed by atoms with Gasteiger partial charge in [-0.05, 0) is 58.7 Å². The Balaban J connectivity index is 1.23. The first-order valence-corrected chi connectivity index (χ1v) is 15.7. The Hall–Kier alpha value is -5.87. The van der Waals surface area contributed by atoms with Crippen LogP contribution in [0.5, 0.6) is 0 Å². The smallest absolute Gasteiger partial charge is 0.164 e. The molecule has 1 unspecified atom stereocenters. The highest BCUT2D eigenvalue weighted by atomic mass is 16.3. The first kappa shape index (κ1) is 27.7. The molecule has 0 bridgehead atoms. The maximum atomic E-state index is 6.42. The molecule has 2 aliphatic rings. The standard InChI is InChI=1S/C42H31N3O/c1-2-29-13-6-7-14-30(29)19-10-12-28-22-25-35-38(26-28)46-37-21-11-20-36(39(35)37)42-44-40(32-16-4-3-5-17-32)43-41(45-42)34-24-23-31-15-8-9-18-33(31)27-34/h2-26,33H,27H2,1H3/b12-10+,29-2-,30-19-. The van der Waals surface area contributed by atoms with E-state index in [1.807, 2.05) is 42.5 Å². The first-order chi connectivity index (χ1) is 22.7. The molecule has 0 N–H and O–H groups in total. The SMILES string of the molecule is C/C=c1/cccc/c1=C/C=C/c1ccc2c(c1)oc1cccc(-c3nc(C4=CC=C5C=CC=CC5C4)nc(-c4ccccc4)n3)c12. The Morgan fingerprint density at radius 1 is 0.739 bits per heavy atom. The van der Waals surface area contributed by atoms with Gasteiger partial charge in [-0.3, -0.25) is 0 Å². The third kappa shape index (κ3) is 5.24. The van der Waals surface area contributed by atoms with Crippen LogP contribution in [-0.2, 0) is 0 Å². The predicted octanol–water partition coefficient (Wildman–Crippen LogP) is 8.86. The summed E-state index contributed by atoms with van der Waals surface area (Å²) in [5, 5.41) is 4.44. The van der Waals surface area contributed by atoms with Crippen molar-refractivity contribution in [3.05, 3.63) is 161 Å². The molecule has 0 saturated carbocycles. The van der Waals surface area contributed by atoms with Crippen LogP contribution in [0.2, 0.25) is 0 Å². The first-order valence-electron chi connectivity index (χ1n) is 15.7.